The normalized spacial score (nSPS) is 21.7. The zero-order chi connectivity index (χ0) is 11.1. The Balaban J connectivity index is 2.20. The largest absolute Gasteiger partial charge is 0.376 e. The fraction of sp³-hybridized carbons (Fsp3) is 1.00. The molecule has 0 heterocycles. The van der Waals surface area contributed by atoms with Gasteiger partial charge in [-0.3, -0.25) is 4.21 Å². The fourth-order valence-electron chi connectivity index (χ4n) is 2.14. The zero-order valence-corrected chi connectivity index (χ0v) is 10.4. The molecule has 0 aliphatic heterocycles. The van der Waals surface area contributed by atoms with E-state index < -0.39 is 10.8 Å². The molecule has 0 amide bonds. The molecule has 0 bridgehead atoms. The number of nitrogens with two attached hydrogens (primary N) is 1. The van der Waals surface area contributed by atoms with Crippen molar-refractivity contribution in [2.45, 2.75) is 38.7 Å². The minimum Gasteiger partial charge on any atom is -0.376 e. The highest BCUT2D eigenvalue weighted by atomic mass is 32.2. The van der Waals surface area contributed by atoms with Crippen LogP contribution >= 0.6 is 0 Å². The van der Waals surface area contributed by atoms with Crippen LogP contribution in [0.25, 0.3) is 0 Å². The van der Waals surface area contributed by atoms with Crippen molar-refractivity contribution in [1.29, 1.82) is 0 Å². The Hall–Kier alpha value is 0.0700. The molecule has 1 aliphatic rings. The highest BCUT2D eigenvalue weighted by Gasteiger charge is 2.19. The maximum atomic E-state index is 11.8. The standard InChI is InChI=1S/C11H23NO2S/c1-2-14-11(7-12)9-15(13)8-10-5-3-4-6-10/h10-11H,2-9,12H2,1H3. The lowest BCUT2D eigenvalue weighted by Crippen LogP contribution is -2.31. The molecule has 15 heavy (non-hydrogen) atoms. The molecule has 1 aliphatic carbocycles. The lowest BCUT2D eigenvalue weighted by molar-refractivity contribution is 0.0852. The molecular formula is C11H23NO2S. The summed E-state index contributed by atoms with van der Waals surface area (Å²) in [6.07, 6.45) is 5.13. The van der Waals surface area contributed by atoms with E-state index in [0.29, 0.717) is 24.8 Å². The van der Waals surface area contributed by atoms with Gasteiger partial charge in [0.1, 0.15) is 0 Å². The molecule has 4 heteroatoms. The quantitative estimate of drug-likeness (QED) is 0.721. The second-order valence-corrected chi connectivity index (χ2v) is 5.78. The molecule has 2 atom stereocenters. The zero-order valence-electron chi connectivity index (χ0n) is 9.61. The van der Waals surface area contributed by atoms with Crippen LogP contribution in [0, 0.1) is 5.92 Å². The van der Waals surface area contributed by atoms with Crippen molar-refractivity contribution >= 4 is 10.8 Å². The summed E-state index contributed by atoms with van der Waals surface area (Å²) in [6.45, 7) is 3.08. The fourth-order valence-corrected chi connectivity index (χ4v) is 3.78. The van der Waals surface area contributed by atoms with Gasteiger partial charge in [0.05, 0.1) is 11.9 Å². The van der Waals surface area contributed by atoms with Crippen LogP contribution in [-0.2, 0) is 15.5 Å². The van der Waals surface area contributed by atoms with Crippen LogP contribution in [0.4, 0.5) is 0 Å². The smallest absolute Gasteiger partial charge is 0.0812 e. The van der Waals surface area contributed by atoms with E-state index >= 15 is 0 Å². The topological polar surface area (TPSA) is 52.3 Å². The van der Waals surface area contributed by atoms with Crippen molar-refractivity contribution in [3.8, 4) is 0 Å². The first kappa shape index (κ1) is 13.1. The summed E-state index contributed by atoms with van der Waals surface area (Å²) in [7, 11) is -0.746. The van der Waals surface area contributed by atoms with Crippen LogP contribution in [0.2, 0.25) is 0 Å². The van der Waals surface area contributed by atoms with E-state index in [1.165, 1.54) is 25.7 Å². The Morgan fingerprint density at radius 2 is 2.13 bits per heavy atom. The number of hydrogen-bond acceptors (Lipinski definition) is 3. The van der Waals surface area contributed by atoms with E-state index in [9.17, 15) is 4.21 Å². The van der Waals surface area contributed by atoms with Gasteiger partial charge in [0.2, 0.25) is 0 Å². The monoisotopic (exact) mass is 233 g/mol. The van der Waals surface area contributed by atoms with Gasteiger partial charge in [0.15, 0.2) is 0 Å². The van der Waals surface area contributed by atoms with E-state index in [0.717, 1.165) is 5.75 Å². The molecule has 0 aromatic heterocycles. The molecule has 1 rings (SSSR count). The molecule has 1 saturated carbocycles. The van der Waals surface area contributed by atoms with E-state index in [2.05, 4.69) is 0 Å². The van der Waals surface area contributed by atoms with Gasteiger partial charge in [-0.1, -0.05) is 12.8 Å². The summed E-state index contributed by atoms with van der Waals surface area (Å²) >= 11 is 0. The maximum absolute atomic E-state index is 11.8. The van der Waals surface area contributed by atoms with E-state index in [4.69, 9.17) is 10.5 Å². The van der Waals surface area contributed by atoms with Gasteiger partial charge >= 0.3 is 0 Å². The minimum absolute atomic E-state index is 0.0164. The highest BCUT2D eigenvalue weighted by Crippen LogP contribution is 2.25. The average Bonchev–Trinajstić information content (AvgIpc) is 2.69. The Kier molecular flexibility index (Phi) is 6.45. The molecule has 1 fully saturated rings. The second-order valence-electron chi connectivity index (χ2n) is 4.24. The van der Waals surface area contributed by atoms with Gasteiger partial charge in [-0.15, -0.1) is 0 Å². The number of hydrogen-bond donors (Lipinski definition) is 1. The van der Waals surface area contributed by atoms with E-state index in [-0.39, 0.29) is 6.10 Å². The summed E-state index contributed by atoms with van der Waals surface area (Å²) < 4.78 is 17.2. The molecule has 2 N–H and O–H groups in total. The van der Waals surface area contributed by atoms with Gasteiger partial charge < -0.3 is 10.5 Å². The molecular weight excluding hydrogens is 210 g/mol. The summed E-state index contributed by atoms with van der Waals surface area (Å²) in [6, 6.07) is 0. The predicted molar refractivity (Wildman–Crippen MR) is 64.3 cm³/mol. The predicted octanol–water partition coefficient (Wildman–Crippen LogP) is 1.29. The first-order valence-electron chi connectivity index (χ1n) is 5.92. The third-order valence-electron chi connectivity index (χ3n) is 2.93. The van der Waals surface area contributed by atoms with Crippen LogP contribution in [0.5, 0.6) is 0 Å². The average molecular weight is 233 g/mol. The van der Waals surface area contributed by atoms with Gasteiger partial charge in [-0.25, -0.2) is 0 Å². The van der Waals surface area contributed by atoms with Crippen LogP contribution in [0.1, 0.15) is 32.6 Å². The molecule has 0 aromatic rings. The van der Waals surface area contributed by atoms with Crippen molar-refractivity contribution < 1.29 is 8.95 Å². The summed E-state index contributed by atoms with van der Waals surface area (Å²) in [5.41, 5.74) is 5.56. The summed E-state index contributed by atoms with van der Waals surface area (Å²) in [5, 5.41) is 0. The van der Waals surface area contributed by atoms with Crippen LogP contribution < -0.4 is 5.73 Å². The third kappa shape index (κ3) is 5.09. The summed E-state index contributed by atoms with van der Waals surface area (Å²) in [4.78, 5) is 0. The number of ether oxygens (including phenoxy) is 1. The van der Waals surface area contributed by atoms with Crippen molar-refractivity contribution in [2.75, 3.05) is 24.7 Å². The van der Waals surface area contributed by atoms with Gasteiger partial charge in [-0.05, 0) is 25.7 Å². The molecule has 0 spiro atoms. The molecule has 0 aromatic carbocycles. The molecule has 3 nitrogen and oxygen atoms in total. The second kappa shape index (κ2) is 7.36. The lowest BCUT2D eigenvalue weighted by Gasteiger charge is -2.15. The SMILES string of the molecule is CCOC(CN)CS(=O)CC1CCCC1. The lowest BCUT2D eigenvalue weighted by atomic mass is 10.1. The third-order valence-corrected chi connectivity index (χ3v) is 4.52. The Morgan fingerprint density at radius 3 is 2.67 bits per heavy atom. The molecule has 2 unspecified atom stereocenters. The molecule has 0 radical (unpaired) electrons. The van der Waals surface area contributed by atoms with Crippen molar-refractivity contribution in [3.05, 3.63) is 0 Å². The van der Waals surface area contributed by atoms with Crippen molar-refractivity contribution in [2.24, 2.45) is 11.7 Å². The molecule has 0 saturated heterocycles. The Labute approximate surface area is 95.2 Å². The van der Waals surface area contributed by atoms with E-state index in [1.807, 2.05) is 6.92 Å². The van der Waals surface area contributed by atoms with E-state index in [1.54, 1.807) is 0 Å². The first-order valence-corrected chi connectivity index (χ1v) is 7.41. The molecule has 90 valence electrons. The Morgan fingerprint density at radius 1 is 1.47 bits per heavy atom. The van der Waals surface area contributed by atoms with Gasteiger partial charge in [0.25, 0.3) is 0 Å². The van der Waals surface area contributed by atoms with Gasteiger partial charge in [0, 0.05) is 29.7 Å². The number of rotatable bonds is 7. The van der Waals surface area contributed by atoms with Crippen molar-refractivity contribution in [3.63, 3.8) is 0 Å². The van der Waals surface area contributed by atoms with Gasteiger partial charge in [-0.2, -0.15) is 0 Å². The van der Waals surface area contributed by atoms with Crippen molar-refractivity contribution in [1.82, 2.24) is 0 Å². The Bertz CT molecular complexity index is 193. The van der Waals surface area contributed by atoms with Crippen LogP contribution in [0.3, 0.4) is 0 Å². The maximum Gasteiger partial charge on any atom is 0.0812 e. The first-order chi connectivity index (χ1) is 7.26. The highest BCUT2D eigenvalue weighted by molar-refractivity contribution is 7.85. The van der Waals surface area contributed by atoms with Crippen LogP contribution in [0.15, 0.2) is 0 Å². The summed E-state index contributed by atoms with van der Waals surface area (Å²) in [5.74, 6) is 2.15. The van der Waals surface area contributed by atoms with Crippen LogP contribution in [-0.4, -0.2) is 35.0 Å². The minimum atomic E-state index is -0.746.